The molecule has 3 aromatic rings. The van der Waals surface area contributed by atoms with Crippen molar-refractivity contribution in [1.82, 2.24) is 4.98 Å². The van der Waals surface area contributed by atoms with Gasteiger partial charge in [0, 0.05) is 24.5 Å². The number of hydrogen-bond acceptors (Lipinski definition) is 5. The Morgan fingerprint density at radius 2 is 1.94 bits per heavy atom. The Hall–Kier alpha value is -3.19. The lowest BCUT2D eigenvalue weighted by molar-refractivity contribution is -0.125. The number of nitrogens with zero attached hydrogens (tertiary/aromatic N) is 1. The minimum absolute atomic E-state index is 0.0752. The molecule has 1 spiro atoms. The van der Waals surface area contributed by atoms with Crippen LogP contribution < -0.4 is 9.46 Å². The van der Waals surface area contributed by atoms with Crippen molar-refractivity contribution in [3.05, 3.63) is 83.2 Å². The highest BCUT2D eigenvalue weighted by atomic mass is 32.2. The third kappa shape index (κ3) is 3.37. The van der Waals surface area contributed by atoms with Gasteiger partial charge in [0.1, 0.15) is 16.4 Å². The van der Waals surface area contributed by atoms with E-state index in [0.717, 1.165) is 41.5 Å². The molecule has 32 heavy (non-hydrogen) atoms. The molecule has 0 radical (unpaired) electrons. The monoisotopic (exact) mass is 448 g/mol. The third-order valence-corrected chi connectivity index (χ3v) is 8.08. The number of pyridine rings is 1. The molecule has 1 N–H and O–H groups in total. The average molecular weight is 449 g/mol. The van der Waals surface area contributed by atoms with Gasteiger partial charge in [0.15, 0.2) is 0 Å². The summed E-state index contributed by atoms with van der Waals surface area (Å²) in [5, 5.41) is 0. The lowest BCUT2D eigenvalue weighted by atomic mass is 9.64. The molecule has 1 aromatic heterocycles. The number of para-hydroxylation sites is 1. The maximum Gasteiger partial charge on any atom is 0.265 e. The molecule has 164 valence electrons. The number of ketones is 1. The van der Waals surface area contributed by atoms with Gasteiger partial charge in [-0.05, 0) is 71.8 Å². The van der Waals surface area contributed by atoms with Gasteiger partial charge in [0.05, 0.1) is 12.5 Å². The van der Waals surface area contributed by atoms with E-state index in [-0.39, 0.29) is 16.4 Å². The minimum atomic E-state index is -3.87. The van der Waals surface area contributed by atoms with Crippen molar-refractivity contribution < 1.29 is 17.9 Å². The number of anilines is 1. The highest BCUT2D eigenvalue weighted by Gasteiger charge is 2.51. The second kappa shape index (κ2) is 7.74. The van der Waals surface area contributed by atoms with Crippen LogP contribution in [0.15, 0.2) is 65.8 Å². The average Bonchev–Trinajstić information content (AvgIpc) is 3.06. The maximum atomic E-state index is 13.2. The van der Waals surface area contributed by atoms with E-state index in [1.165, 1.54) is 13.2 Å². The van der Waals surface area contributed by atoms with Crippen LogP contribution in [-0.4, -0.2) is 26.3 Å². The lowest BCUT2D eigenvalue weighted by Crippen LogP contribution is -2.39. The van der Waals surface area contributed by atoms with Crippen LogP contribution in [0.25, 0.3) is 0 Å². The summed E-state index contributed by atoms with van der Waals surface area (Å²) in [6.45, 7) is 0. The fourth-order valence-corrected chi connectivity index (χ4v) is 6.13. The zero-order valence-corrected chi connectivity index (χ0v) is 18.6. The quantitative estimate of drug-likeness (QED) is 0.615. The van der Waals surface area contributed by atoms with Gasteiger partial charge in [0.2, 0.25) is 0 Å². The van der Waals surface area contributed by atoms with E-state index in [4.69, 9.17) is 4.74 Å². The first-order valence-electron chi connectivity index (χ1n) is 10.7. The van der Waals surface area contributed by atoms with Gasteiger partial charge in [-0.25, -0.2) is 8.42 Å². The van der Waals surface area contributed by atoms with Crippen LogP contribution in [0.5, 0.6) is 5.75 Å². The molecule has 1 saturated carbocycles. The number of ether oxygens (including phenoxy) is 1. The molecule has 0 unspecified atom stereocenters. The zero-order valence-electron chi connectivity index (χ0n) is 17.8. The summed E-state index contributed by atoms with van der Waals surface area (Å²) < 4.78 is 34.4. The number of carbonyl (C=O) groups is 1. The number of hydrogen-bond donors (Lipinski definition) is 1. The first kappa shape index (κ1) is 20.7. The summed E-state index contributed by atoms with van der Waals surface area (Å²) in [6, 6.07) is 14.1. The predicted octanol–water partition coefficient (Wildman–Crippen LogP) is 4.03. The summed E-state index contributed by atoms with van der Waals surface area (Å²) in [5.41, 5.74) is 4.01. The summed E-state index contributed by atoms with van der Waals surface area (Å²) in [6.07, 6.45) is 7.18. The number of Topliss-reactive ketones (excluding diaryl/α,β-unsaturated/α-hetero) is 1. The second-order valence-corrected chi connectivity index (χ2v) is 10.1. The Kier molecular flexibility index (Phi) is 5.01. The first-order valence-corrected chi connectivity index (χ1v) is 12.2. The van der Waals surface area contributed by atoms with Gasteiger partial charge >= 0.3 is 0 Å². The molecular weight excluding hydrogens is 424 g/mol. The molecule has 0 bridgehead atoms. The fourth-order valence-electron chi connectivity index (χ4n) is 4.92. The molecule has 1 fully saturated rings. The van der Waals surface area contributed by atoms with Crippen LogP contribution in [0.2, 0.25) is 0 Å². The number of nitrogens with one attached hydrogen (secondary N) is 1. The van der Waals surface area contributed by atoms with Crippen molar-refractivity contribution in [2.75, 3.05) is 11.8 Å². The molecular formula is C25H24N2O4S. The third-order valence-electron chi connectivity index (χ3n) is 6.66. The molecule has 0 atom stereocenters. The van der Waals surface area contributed by atoms with Crippen molar-refractivity contribution in [2.24, 2.45) is 0 Å². The topological polar surface area (TPSA) is 85.4 Å². The second-order valence-electron chi connectivity index (χ2n) is 8.49. The standard InChI is InChI=1S/C25H24N2O4S/c1-31-22-7-2-3-8-23(22)32(29,30)27-19-13-18(12-17-6-4-11-26-16-17)20-15-24(28)25(9-5-10-25)21(20)14-19/h2-4,6-8,11,13-14,16,27H,5,9-10,12,15H2,1H3. The molecule has 1 heterocycles. The number of fused-ring (bicyclic) bond motifs is 2. The normalized spacial score (nSPS) is 16.5. The molecule has 2 aliphatic rings. The predicted molar refractivity (Wildman–Crippen MR) is 122 cm³/mol. The SMILES string of the molecule is COc1ccccc1S(=O)(=O)Nc1cc(Cc2cccnc2)c2c(c1)C1(CCC1)C(=O)C2. The van der Waals surface area contributed by atoms with Gasteiger partial charge in [-0.1, -0.05) is 24.6 Å². The molecule has 2 aliphatic carbocycles. The molecule has 0 saturated heterocycles. The fraction of sp³-hybridized carbons (Fsp3) is 0.280. The summed E-state index contributed by atoms with van der Waals surface area (Å²) in [5.74, 6) is 0.526. The molecule has 5 rings (SSSR count). The van der Waals surface area contributed by atoms with Gasteiger partial charge in [-0.3, -0.25) is 14.5 Å². The van der Waals surface area contributed by atoms with Gasteiger partial charge in [0.25, 0.3) is 10.0 Å². The zero-order chi connectivity index (χ0) is 22.3. The Balaban J connectivity index is 1.59. The number of methoxy groups -OCH3 is 1. The largest absolute Gasteiger partial charge is 0.495 e. The first-order chi connectivity index (χ1) is 15.4. The molecule has 7 heteroatoms. The lowest BCUT2D eigenvalue weighted by Gasteiger charge is -2.38. The van der Waals surface area contributed by atoms with E-state index in [9.17, 15) is 13.2 Å². The van der Waals surface area contributed by atoms with E-state index in [1.807, 2.05) is 24.3 Å². The van der Waals surface area contributed by atoms with Crippen LogP contribution in [0.1, 0.15) is 41.5 Å². The van der Waals surface area contributed by atoms with Gasteiger partial charge in [-0.2, -0.15) is 0 Å². The van der Waals surface area contributed by atoms with E-state index >= 15 is 0 Å². The highest BCUT2D eigenvalue weighted by molar-refractivity contribution is 7.92. The molecule has 6 nitrogen and oxygen atoms in total. The van der Waals surface area contributed by atoms with Crippen LogP contribution >= 0.6 is 0 Å². The van der Waals surface area contributed by atoms with Crippen molar-refractivity contribution in [1.29, 1.82) is 0 Å². The number of benzene rings is 2. The molecule has 2 aromatic carbocycles. The summed E-state index contributed by atoms with van der Waals surface area (Å²) >= 11 is 0. The summed E-state index contributed by atoms with van der Waals surface area (Å²) in [7, 11) is -2.43. The van der Waals surface area contributed by atoms with E-state index < -0.39 is 15.4 Å². The van der Waals surface area contributed by atoms with Crippen molar-refractivity contribution in [3.8, 4) is 5.75 Å². The van der Waals surface area contributed by atoms with Crippen LogP contribution in [-0.2, 0) is 33.1 Å². The Bertz CT molecular complexity index is 1300. The van der Waals surface area contributed by atoms with Gasteiger partial charge < -0.3 is 4.74 Å². The smallest absolute Gasteiger partial charge is 0.265 e. The summed E-state index contributed by atoms with van der Waals surface area (Å²) in [4.78, 5) is 17.2. The van der Waals surface area contributed by atoms with Crippen molar-refractivity contribution in [2.45, 2.75) is 42.4 Å². The number of aromatic nitrogens is 1. The Morgan fingerprint density at radius 3 is 2.62 bits per heavy atom. The number of sulfonamides is 1. The highest BCUT2D eigenvalue weighted by Crippen LogP contribution is 2.52. The van der Waals surface area contributed by atoms with Crippen LogP contribution in [0.4, 0.5) is 5.69 Å². The molecule has 0 amide bonds. The molecule has 0 aliphatic heterocycles. The van der Waals surface area contributed by atoms with Gasteiger partial charge in [-0.15, -0.1) is 0 Å². The van der Waals surface area contributed by atoms with E-state index in [0.29, 0.717) is 18.5 Å². The minimum Gasteiger partial charge on any atom is -0.495 e. The van der Waals surface area contributed by atoms with Crippen LogP contribution in [0, 0.1) is 0 Å². The van der Waals surface area contributed by atoms with Crippen LogP contribution in [0.3, 0.4) is 0 Å². The number of rotatable bonds is 6. The number of carbonyl (C=O) groups excluding carboxylic acids is 1. The Morgan fingerprint density at radius 1 is 1.12 bits per heavy atom. The maximum absolute atomic E-state index is 13.2. The van der Waals surface area contributed by atoms with Crippen molar-refractivity contribution >= 4 is 21.5 Å². The van der Waals surface area contributed by atoms with E-state index in [1.54, 1.807) is 30.6 Å². The Labute approximate surface area is 187 Å². The van der Waals surface area contributed by atoms with E-state index in [2.05, 4.69) is 9.71 Å². The van der Waals surface area contributed by atoms with Crippen molar-refractivity contribution in [3.63, 3.8) is 0 Å².